The number of amides is 2. The molecule has 4 heterocycles. The van der Waals surface area contributed by atoms with Gasteiger partial charge in [0.1, 0.15) is 11.9 Å². The standard InChI is InChI=1S/C31H31N5O3/c37-18-36-22-9-10-23(36)17-25(16-22)39-24-11-6-19(7-12-24)29-26-15-21(8-13-27(26)34-35-29)31(38)33-30(20-4-5-20)28-3-1-2-14-32-28/h1-3,6-8,11-15,18,20,22-23,25,30H,4-5,9-10,16-17H2,(H,33,38)(H,34,35)/t22-,23+,25?,30-/m0/s1. The van der Waals surface area contributed by atoms with Crippen LogP contribution in [0.2, 0.25) is 0 Å². The zero-order valence-corrected chi connectivity index (χ0v) is 21.6. The smallest absolute Gasteiger partial charge is 0.251 e. The van der Waals surface area contributed by atoms with Gasteiger partial charge < -0.3 is 15.0 Å². The van der Waals surface area contributed by atoms with Crippen LogP contribution >= 0.6 is 0 Å². The summed E-state index contributed by atoms with van der Waals surface area (Å²) in [6.45, 7) is 0. The summed E-state index contributed by atoms with van der Waals surface area (Å²) in [6, 6.07) is 20.0. The molecule has 8 nitrogen and oxygen atoms in total. The molecule has 4 atom stereocenters. The maximum Gasteiger partial charge on any atom is 0.251 e. The van der Waals surface area contributed by atoms with E-state index in [9.17, 15) is 9.59 Å². The third-order valence-electron chi connectivity index (χ3n) is 8.51. The van der Waals surface area contributed by atoms with E-state index in [1.807, 2.05) is 65.6 Å². The Morgan fingerprint density at radius 1 is 1.03 bits per heavy atom. The zero-order valence-electron chi connectivity index (χ0n) is 21.6. The van der Waals surface area contributed by atoms with E-state index >= 15 is 0 Å². The highest BCUT2D eigenvalue weighted by molar-refractivity contribution is 6.01. The number of hydrogen-bond acceptors (Lipinski definition) is 5. The number of aromatic amines is 1. The van der Waals surface area contributed by atoms with Gasteiger partial charge in [-0.15, -0.1) is 0 Å². The van der Waals surface area contributed by atoms with Crippen LogP contribution in [0.25, 0.3) is 22.2 Å². The third kappa shape index (κ3) is 4.64. The molecule has 3 fully saturated rings. The summed E-state index contributed by atoms with van der Waals surface area (Å²) in [5, 5.41) is 11.8. The highest BCUT2D eigenvalue weighted by Crippen LogP contribution is 2.41. The molecule has 2 N–H and O–H groups in total. The summed E-state index contributed by atoms with van der Waals surface area (Å²) in [4.78, 5) is 31.1. The molecule has 0 spiro atoms. The predicted octanol–water partition coefficient (Wildman–Crippen LogP) is 5.04. The van der Waals surface area contributed by atoms with E-state index < -0.39 is 0 Å². The van der Waals surface area contributed by atoms with Gasteiger partial charge in [0, 0.05) is 47.6 Å². The van der Waals surface area contributed by atoms with Crippen LogP contribution in [0.1, 0.15) is 60.6 Å². The van der Waals surface area contributed by atoms with Gasteiger partial charge in [-0.05, 0) is 86.2 Å². The molecule has 0 radical (unpaired) electrons. The second kappa shape index (κ2) is 9.84. The van der Waals surface area contributed by atoms with Gasteiger partial charge in [-0.2, -0.15) is 5.10 Å². The van der Waals surface area contributed by atoms with E-state index in [4.69, 9.17) is 4.74 Å². The highest BCUT2D eigenvalue weighted by Gasteiger charge is 2.41. The second-order valence-corrected chi connectivity index (χ2v) is 11.0. The van der Waals surface area contributed by atoms with Gasteiger partial charge in [0.05, 0.1) is 22.9 Å². The maximum atomic E-state index is 13.3. The Bertz CT molecular complexity index is 1480. The first-order valence-corrected chi connectivity index (χ1v) is 13.9. The van der Waals surface area contributed by atoms with Crippen LogP contribution in [0.3, 0.4) is 0 Å². The lowest BCUT2D eigenvalue weighted by molar-refractivity contribution is -0.123. The number of aromatic nitrogens is 3. The summed E-state index contributed by atoms with van der Waals surface area (Å²) >= 11 is 0. The molecule has 1 unspecified atom stereocenters. The minimum atomic E-state index is -0.107. The summed E-state index contributed by atoms with van der Waals surface area (Å²) in [6.07, 6.45) is 9.01. The first-order valence-electron chi connectivity index (χ1n) is 13.9. The number of hydrogen-bond donors (Lipinski definition) is 2. The molecule has 1 saturated carbocycles. The number of nitrogens with one attached hydrogen (secondary N) is 2. The number of fused-ring (bicyclic) bond motifs is 3. The van der Waals surface area contributed by atoms with E-state index in [0.29, 0.717) is 23.6 Å². The predicted molar refractivity (Wildman–Crippen MR) is 147 cm³/mol. The van der Waals surface area contributed by atoms with Crippen LogP contribution in [0.4, 0.5) is 0 Å². The summed E-state index contributed by atoms with van der Waals surface area (Å²) < 4.78 is 6.31. The number of piperidine rings is 1. The number of carbonyl (C=O) groups excluding carboxylic acids is 2. The van der Waals surface area contributed by atoms with Crippen molar-refractivity contribution < 1.29 is 14.3 Å². The van der Waals surface area contributed by atoms with Crippen LogP contribution in [0.5, 0.6) is 5.75 Å². The number of ether oxygens (including phenoxy) is 1. The average molecular weight is 522 g/mol. The molecule has 2 bridgehead atoms. The molecule has 198 valence electrons. The van der Waals surface area contributed by atoms with Crippen LogP contribution in [-0.2, 0) is 4.79 Å². The molecule has 2 aromatic carbocycles. The Kier molecular flexibility index (Phi) is 6.02. The van der Waals surface area contributed by atoms with Gasteiger partial charge in [0.2, 0.25) is 6.41 Å². The first kappa shape index (κ1) is 23.9. The molecular formula is C31H31N5O3. The van der Waals surface area contributed by atoms with Crippen molar-refractivity contribution in [2.75, 3.05) is 0 Å². The Morgan fingerprint density at radius 2 is 1.82 bits per heavy atom. The molecule has 2 aliphatic heterocycles. The number of benzene rings is 2. The Balaban J connectivity index is 1.08. The lowest BCUT2D eigenvalue weighted by atomic mass is 10.0. The fourth-order valence-electron chi connectivity index (χ4n) is 6.34. The van der Waals surface area contributed by atoms with E-state index in [1.54, 1.807) is 6.20 Å². The van der Waals surface area contributed by atoms with Crippen molar-refractivity contribution >= 4 is 23.2 Å². The molecule has 39 heavy (non-hydrogen) atoms. The quantitative estimate of drug-likeness (QED) is 0.317. The minimum Gasteiger partial charge on any atom is -0.490 e. The van der Waals surface area contributed by atoms with E-state index in [1.165, 1.54) is 0 Å². The molecule has 7 rings (SSSR count). The van der Waals surface area contributed by atoms with Crippen LogP contribution in [0.15, 0.2) is 66.9 Å². The van der Waals surface area contributed by atoms with Crippen molar-refractivity contribution in [1.29, 1.82) is 0 Å². The molecule has 4 aromatic rings. The molecule has 8 heteroatoms. The highest BCUT2D eigenvalue weighted by atomic mass is 16.5. The fraction of sp³-hybridized carbons (Fsp3) is 0.355. The topological polar surface area (TPSA) is 100 Å². The first-order chi connectivity index (χ1) is 19.2. The van der Waals surface area contributed by atoms with Gasteiger partial charge in [-0.3, -0.25) is 19.7 Å². The number of H-pyrrole nitrogens is 1. The fourth-order valence-corrected chi connectivity index (χ4v) is 6.34. The lowest BCUT2D eigenvalue weighted by Crippen LogP contribution is -2.45. The van der Waals surface area contributed by atoms with Gasteiger partial charge in [-0.25, -0.2) is 0 Å². The molecule has 2 amide bonds. The van der Waals surface area contributed by atoms with Crippen molar-refractivity contribution in [2.24, 2.45) is 5.92 Å². The average Bonchev–Trinajstić information content (AvgIpc) is 3.67. The van der Waals surface area contributed by atoms with Crippen molar-refractivity contribution in [3.63, 3.8) is 0 Å². The summed E-state index contributed by atoms with van der Waals surface area (Å²) in [5.74, 6) is 1.15. The van der Waals surface area contributed by atoms with Crippen molar-refractivity contribution in [3.8, 4) is 17.0 Å². The summed E-state index contributed by atoms with van der Waals surface area (Å²) in [5.41, 5.74) is 4.13. The van der Waals surface area contributed by atoms with Crippen molar-refractivity contribution in [1.82, 2.24) is 25.4 Å². The van der Waals surface area contributed by atoms with E-state index in [0.717, 1.165) is 78.5 Å². The largest absolute Gasteiger partial charge is 0.490 e. The number of pyridine rings is 1. The molecule has 1 aliphatic carbocycles. The van der Waals surface area contributed by atoms with E-state index in [2.05, 4.69) is 20.5 Å². The third-order valence-corrected chi connectivity index (χ3v) is 8.51. The Labute approximate surface area is 226 Å². The Hall–Kier alpha value is -4.20. The van der Waals surface area contributed by atoms with Crippen LogP contribution < -0.4 is 10.1 Å². The Morgan fingerprint density at radius 3 is 2.51 bits per heavy atom. The number of nitrogens with zero attached hydrogens (tertiary/aromatic N) is 3. The maximum absolute atomic E-state index is 13.3. The second-order valence-electron chi connectivity index (χ2n) is 11.0. The van der Waals surface area contributed by atoms with Crippen LogP contribution in [-0.4, -0.2) is 50.6 Å². The van der Waals surface area contributed by atoms with Crippen LogP contribution in [0, 0.1) is 5.92 Å². The molecule has 2 saturated heterocycles. The molecule has 3 aliphatic rings. The van der Waals surface area contributed by atoms with Crippen molar-refractivity contribution in [3.05, 3.63) is 78.1 Å². The van der Waals surface area contributed by atoms with E-state index in [-0.39, 0.29) is 18.1 Å². The monoisotopic (exact) mass is 521 g/mol. The summed E-state index contributed by atoms with van der Waals surface area (Å²) in [7, 11) is 0. The number of carbonyl (C=O) groups is 2. The van der Waals surface area contributed by atoms with Gasteiger partial charge in [0.25, 0.3) is 5.91 Å². The van der Waals surface area contributed by atoms with Gasteiger partial charge in [0.15, 0.2) is 0 Å². The molecule has 2 aromatic heterocycles. The van der Waals surface area contributed by atoms with Gasteiger partial charge in [-0.1, -0.05) is 6.07 Å². The zero-order chi connectivity index (χ0) is 26.3. The van der Waals surface area contributed by atoms with Crippen molar-refractivity contribution in [2.45, 2.75) is 62.8 Å². The van der Waals surface area contributed by atoms with Gasteiger partial charge >= 0.3 is 0 Å². The lowest BCUT2D eigenvalue weighted by Gasteiger charge is -2.36. The molecular weight excluding hydrogens is 490 g/mol. The SMILES string of the molecule is O=CN1[C@@H]2CC[C@H]1CC(Oc1ccc(-c3n[nH]c4ccc(C(=O)N[C@H](c5ccccn5)C5CC5)cc34)cc1)C2. The number of rotatable bonds is 8. The normalized spacial score (nSPS) is 23.0. The minimum absolute atomic E-state index is 0.0772.